The van der Waals surface area contributed by atoms with E-state index in [-0.39, 0.29) is 0 Å². The monoisotopic (exact) mass is 277 g/mol. The zero-order valence-corrected chi connectivity index (χ0v) is 11.8. The molecule has 1 aromatic carbocycles. The van der Waals surface area contributed by atoms with Gasteiger partial charge < -0.3 is 0 Å². The van der Waals surface area contributed by atoms with Gasteiger partial charge in [0.25, 0.3) is 0 Å². The predicted molar refractivity (Wildman–Crippen MR) is 81.0 cm³/mol. The van der Waals surface area contributed by atoms with E-state index in [1.54, 1.807) is 0 Å². The average molecular weight is 278 g/mol. The van der Waals surface area contributed by atoms with Crippen LogP contribution in [0.5, 0.6) is 0 Å². The van der Waals surface area contributed by atoms with Gasteiger partial charge in [0.15, 0.2) is 0 Å². The van der Waals surface area contributed by atoms with Crippen LogP contribution < -0.4 is 0 Å². The number of hydrogen-bond donors (Lipinski definition) is 0. The van der Waals surface area contributed by atoms with Crippen molar-refractivity contribution in [1.29, 1.82) is 0 Å². The van der Waals surface area contributed by atoms with E-state index < -0.39 is 0 Å². The second kappa shape index (κ2) is 5.50. The summed E-state index contributed by atoms with van der Waals surface area (Å²) in [5.74, 6) is 0.865. The molecule has 1 heterocycles. The number of hydrogen-bond acceptors (Lipinski definition) is 2. The minimum absolute atomic E-state index is 0.651. The molecule has 0 radical (unpaired) electrons. The van der Waals surface area contributed by atoms with Gasteiger partial charge in [-0.3, -0.25) is 0 Å². The summed E-state index contributed by atoms with van der Waals surface area (Å²) in [6.07, 6.45) is 9.71. The molecule has 0 spiro atoms. The van der Waals surface area contributed by atoms with Gasteiger partial charge in [-0.05, 0) is 55.9 Å². The lowest BCUT2D eigenvalue weighted by Gasteiger charge is -2.32. The maximum Gasteiger partial charge on any atom is 0.0744 e. The topological polar surface area (TPSA) is 12.4 Å². The van der Waals surface area contributed by atoms with E-state index in [1.807, 2.05) is 36.0 Å². The van der Waals surface area contributed by atoms with Gasteiger partial charge in [-0.15, -0.1) is 11.8 Å². The van der Waals surface area contributed by atoms with Crippen LogP contribution in [0.4, 0.5) is 5.69 Å². The molecule has 0 amide bonds. The third-order valence-corrected chi connectivity index (χ3v) is 5.21. The van der Waals surface area contributed by atoms with Crippen LogP contribution in [-0.4, -0.2) is 10.3 Å². The Labute approximate surface area is 117 Å². The lowest BCUT2D eigenvalue weighted by Crippen LogP contribution is -2.25. The minimum Gasteiger partial charge on any atom is -0.247 e. The largest absolute Gasteiger partial charge is 0.247 e. The van der Waals surface area contributed by atoms with Crippen LogP contribution in [0.3, 0.4) is 0 Å². The van der Waals surface area contributed by atoms with Crippen molar-refractivity contribution in [2.75, 3.05) is 0 Å². The van der Waals surface area contributed by atoms with Gasteiger partial charge in [0.1, 0.15) is 0 Å². The first kappa shape index (κ1) is 12.3. The Hall–Kier alpha value is -0.730. The van der Waals surface area contributed by atoms with E-state index in [1.165, 1.54) is 24.3 Å². The number of rotatable bonds is 1. The van der Waals surface area contributed by atoms with Crippen molar-refractivity contribution in [2.45, 2.75) is 30.9 Å². The van der Waals surface area contributed by atoms with Gasteiger partial charge in [-0.25, -0.2) is 4.99 Å². The van der Waals surface area contributed by atoms with Gasteiger partial charge in [-0.1, -0.05) is 23.8 Å². The summed E-state index contributed by atoms with van der Waals surface area (Å²) < 4.78 is 0. The maximum atomic E-state index is 5.88. The normalized spacial score (nSPS) is 29.3. The smallest absolute Gasteiger partial charge is 0.0744 e. The Balaban J connectivity index is 1.75. The molecule has 0 saturated carbocycles. The van der Waals surface area contributed by atoms with E-state index in [0.29, 0.717) is 5.25 Å². The summed E-state index contributed by atoms with van der Waals surface area (Å²) in [5, 5.41) is 2.69. The van der Waals surface area contributed by atoms with Gasteiger partial charge in [0.2, 0.25) is 0 Å². The van der Waals surface area contributed by atoms with E-state index in [9.17, 15) is 0 Å². The minimum atomic E-state index is 0.651. The van der Waals surface area contributed by atoms with Crippen LogP contribution in [-0.2, 0) is 0 Å². The molecule has 2 aliphatic rings. The molecule has 1 aliphatic carbocycles. The second-order valence-electron chi connectivity index (χ2n) is 4.87. The van der Waals surface area contributed by atoms with Gasteiger partial charge in [0.05, 0.1) is 10.7 Å². The molecule has 1 aliphatic heterocycles. The van der Waals surface area contributed by atoms with E-state index in [2.05, 4.69) is 12.2 Å². The first-order chi connectivity index (χ1) is 8.81. The van der Waals surface area contributed by atoms with Crippen molar-refractivity contribution < 1.29 is 0 Å². The molecule has 2 atom stereocenters. The summed E-state index contributed by atoms with van der Waals surface area (Å²) in [6.45, 7) is 0. The van der Waals surface area contributed by atoms with Crippen LogP contribution in [0.25, 0.3) is 0 Å². The molecule has 0 aromatic heterocycles. The number of halogens is 1. The van der Waals surface area contributed by atoms with E-state index in [4.69, 9.17) is 16.6 Å². The van der Waals surface area contributed by atoms with Crippen LogP contribution in [0, 0.1) is 5.92 Å². The highest BCUT2D eigenvalue weighted by atomic mass is 35.5. The zero-order chi connectivity index (χ0) is 12.4. The van der Waals surface area contributed by atoms with Crippen LogP contribution in [0.15, 0.2) is 41.4 Å². The highest BCUT2D eigenvalue weighted by molar-refractivity contribution is 8.14. The Kier molecular flexibility index (Phi) is 3.76. The van der Waals surface area contributed by atoms with Gasteiger partial charge in [-0.2, -0.15) is 0 Å². The van der Waals surface area contributed by atoms with E-state index >= 15 is 0 Å². The average Bonchev–Trinajstić information content (AvgIpc) is 2.41. The summed E-state index contributed by atoms with van der Waals surface area (Å²) in [4.78, 5) is 4.74. The molecular formula is C15H16ClNS. The molecule has 3 rings (SSSR count). The highest BCUT2D eigenvalue weighted by Crippen LogP contribution is 2.39. The molecule has 3 heteroatoms. The quantitative estimate of drug-likeness (QED) is 0.640. The van der Waals surface area contributed by atoms with Crippen LogP contribution in [0.1, 0.15) is 25.7 Å². The fourth-order valence-electron chi connectivity index (χ4n) is 2.57. The van der Waals surface area contributed by atoms with Gasteiger partial charge >= 0.3 is 0 Å². The molecule has 1 fully saturated rings. The maximum absolute atomic E-state index is 5.88. The first-order valence-corrected chi connectivity index (χ1v) is 7.73. The van der Waals surface area contributed by atoms with Crippen molar-refractivity contribution >= 4 is 34.1 Å². The van der Waals surface area contributed by atoms with Crippen molar-refractivity contribution in [1.82, 2.24) is 0 Å². The Bertz CT molecular complexity index is 478. The highest BCUT2D eigenvalue weighted by Gasteiger charge is 2.28. The number of aliphatic imine (C=N–C) groups is 1. The Morgan fingerprint density at radius 3 is 2.83 bits per heavy atom. The summed E-state index contributed by atoms with van der Waals surface area (Å²) >= 11 is 7.83. The summed E-state index contributed by atoms with van der Waals surface area (Å²) in [7, 11) is 0. The summed E-state index contributed by atoms with van der Waals surface area (Å²) in [6, 6.07) is 7.77. The number of benzene rings is 1. The van der Waals surface area contributed by atoms with Crippen molar-refractivity contribution in [2.24, 2.45) is 10.9 Å². The summed E-state index contributed by atoms with van der Waals surface area (Å²) in [5.41, 5.74) is 1.01. The molecule has 1 saturated heterocycles. The van der Waals surface area contributed by atoms with Crippen molar-refractivity contribution in [3.8, 4) is 0 Å². The van der Waals surface area contributed by atoms with Crippen LogP contribution in [0.2, 0.25) is 5.02 Å². The molecule has 2 unspecified atom stereocenters. The lowest BCUT2D eigenvalue weighted by molar-refractivity contribution is 0.460. The third kappa shape index (κ3) is 2.81. The van der Waals surface area contributed by atoms with Gasteiger partial charge in [0, 0.05) is 10.3 Å². The molecule has 1 nitrogen and oxygen atoms in total. The molecular weight excluding hydrogens is 262 g/mol. The molecule has 94 valence electrons. The molecule has 0 N–H and O–H groups in total. The third-order valence-electron chi connectivity index (χ3n) is 3.58. The molecule has 1 aromatic rings. The Morgan fingerprint density at radius 2 is 2.00 bits per heavy atom. The fraction of sp³-hybridized carbons (Fsp3) is 0.400. The first-order valence-electron chi connectivity index (χ1n) is 6.48. The number of nitrogens with zero attached hydrogens (tertiary/aromatic N) is 1. The molecule has 0 bridgehead atoms. The lowest BCUT2D eigenvalue weighted by atomic mass is 9.89. The second-order valence-corrected chi connectivity index (χ2v) is 6.56. The number of allylic oxidation sites excluding steroid dienone is 1. The Morgan fingerprint density at radius 1 is 1.17 bits per heavy atom. The SMILES string of the molecule is Clc1ccc(/N=C2\CCC3CCC=CC3S2)cc1. The van der Waals surface area contributed by atoms with Crippen molar-refractivity contribution in [3.63, 3.8) is 0 Å². The van der Waals surface area contributed by atoms with Crippen molar-refractivity contribution in [3.05, 3.63) is 41.4 Å². The van der Waals surface area contributed by atoms with Crippen LogP contribution >= 0.6 is 23.4 Å². The standard InChI is InChI=1S/C15H16ClNS/c16-12-6-8-13(9-7-12)17-15-10-5-11-3-1-2-4-14(11)18-15/h2,4,6-9,11,14H,1,3,5,10H2/b17-15+. The predicted octanol–water partition coefficient (Wildman–Crippen LogP) is 5.23. The molecule has 18 heavy (non-hydrogen) atoms. The number of fused-ring (bicyclic) bond motifs is 1. The van der Waals surface area contributed by atoms with E-state index in [0.717, 1.165) is 23.0 Å². The number of thioether (sulfide) groups is 1. The fourth-order valence-corrected chi connectivity index (χ4v) is 4.06. The zero-order valence-electron chi connectivity index (χ0n) is 10.2.